The van der Waals surface area contributed by atoms with E-state index in [9.17, 15) is 4.79 Å². The first-order chi connectivity index (χ1) is 5.70. The molecule has 12 heavy (non-hydrogen) atoms. The minimum Gasteiger partial charge on any atom is -0.353 e. The Bertz CT molecular complexity index is 221. The first-order valence-corrected chi connectivity index (χ1v) is 4.19. The van der Waals surface area contributed by atoms with E-state index in [2.05, 4.69) is 34.0 Å². The van der Waals surface area contributed by atoms with Gasteiger partial charge in [-0.15, -0.1) is 0 Å². The molecule has 66 valence electrons. The molecule has 2 N–H and O–H groups in total. The lowest BCUT2D eigenvalue weighted by Crippen LogP contribution is -2.21. The zero-order valence-corrected chi connectivity index (χ0v) is 8.63. The molecule has 0 aliphatic carbocycles. The summed E-state index contributed by atoms with van der Waals surface area (Å²) in [6.45, 7) is 0.221. The van der Waals surface area contributed by atoms with Crippen molar-refractivity contribution >= 4 is 42.0 Å². The van der Waals surface area contributed by atoms with Crippen LogP contribution < -0.4 is 5.32 Å². The molecule has 0 fully saturated rings. The molecule has 7 heteroatoms. The molecule has 0 spiro atoms. The third-order valence-electron chi connectivity index (χ3n) is 0.827. The van der Waals surface area contributed by atoms with Crippen LogP contribution in [0, 0.1) is 5.41 Å². The Balaban J connectivity index is 4.13. The topological polar surface area (TPSA) is 77.7 Å². The second-order valence-corrected chi connectivity index (χ2v) is 3.61. The lowest BCUT2D eigenvalue weighted by molar-refractivity contribution is -0.109. The van der Waals surface area contributed by atoms with E-state index in [1.807, 2.05) is 0 Å². The second-order valence-electron chi connectivity index (χ2n) is 1.76. The first kappa shape index (κ1) is 11.3. The predicted molar refractivity (Wildman–Crippen MR) is 57.1 cm³/mol. The Morgan fingerprint density at radius 2 is 2.17 bits per heavy atom. The zero-order valence-electron chi connectivity index (χ0n) is 6.32. The van der Waals surface area contributed by atoms with Crippen LogP contribution in [0.2, 0.25) is 0 Å². The Kier molecular flexibility index (Phi) is 6.63. The highest BCUT2D eigenvalue weighted by atomic mass is 31.1. The average Bonchev–Trinajstić information content (AvgIpc) is 2.05. The van der Waals surface area contributed by atoms with Crippen molar-refractivity contribution in [3.63, 3.8) is 0 Å². The van der Waals surface area contributed by atoms with Crippen molar-refractivity contribution in [2.45, 2.75) is 0 Å². The maximum absolute atomic E-state index is 9.88. The molecule has 1 amide bonds. The van der Waals surface area contributed by atoms with Gasteiger partial charge in [0.2, 0.25) is 6.41 Å². The molecular weight excluding hydrogens is 194 g/mol. The van der Waals surface area contributed by atoms with E-state index in [1.54, 1.807) is 0 Å². The van der Waals surface area contributed by atoms with Gasteiger partial charge in [0.1, 0.15) is 0 Å². The molecule has 0 aromatic rings. The van der Waals surface area contributed by atoms with Crippen LogP contribution in [0.15, 0.2) is 10.2 Å². The molecule has 0 rings (SSSR count). The standard InChI is InChI=1S/C5H10N4OP2/c6-1-4(2-7-3-10)8-9-5(11)12/h1,3,6H,2,11-12H2,(H,7,10). The van der Waals surface area contributed by atoms with Crippen molar-refractivity contribution in [3.05, 3.63) is 0 Å². The van der Waals surface area contributed by atoms with Gasteiger partial charge in [-0.3, -0.25) is 4.79 Å². The Hall–Kier alpha value is -0.660. The van der Waals surface area contributed by atoms with Crippen LogP contribution in [0.3, 0.4) is 0 Å². The molecule has 0 aromatic heterocycles. The van der Waals surface area contributed by atoms with Crippen molar-refractivity contribution in [2.24, 2.45) is 10.2 Å². The van der Waals surface area contributed by atoms with Crippen LogP contribution in [-0.2, 0) is 4.79 Å². The van der Waals surface area contributed by atoms with E-state index in [0.29, 0.717) is 17.3 Å². The van der Waals surface area contributed by atoms with E-state index >= 15 is 0 Å². The van der Waals surface area contributed by atoms with Gasteiger partial charge in [0.25, 0.3) is 0 Å². The number of hydrogen-bond donors (Lipinski definition) is 2. The zero-order chi connectivity index (χ0) is 9.40. The fraction of sp³-hybridized carbons (Fsp3) is 0.200. The number of carbonyl (C=O) groups is 1. The lowest BCUT2D eigenvalue weighted by atomic mass is 10.4. The summed E-state index contributed by atoms with van der Waals surface area (Å²) in [6, 6.07) is 0. The molecule has 2 atom stereocenters. The molecule has 5 nitrogen and oxygen atoms in total. The van der Waals surface area contributed by atoms with Crippen LogP contribution in [0.5, 0.6) is 0 Å². The van der Waals surface area contributed by atoms with Crippen LogP contribution in [-0.4, -0.2) is 30.1 Å². The van der Waals surface area contributed by atoms with Crippen LogP contribution in [0.1, 0.15) is 0 Å². The summed E-state index contributed by atoms with van der Waals surface area (Å²) in [5.41, 5.74) is 0.393. The van der Waals surface area contributed by atoms with Crippen molar-refractivity contribution in [1.82, 2.24) is 5.32 Å². The van der Waals surface area contributed by atoms with Crippen molar-refractivity contribution in [2.75, 3.05) is 6.54 Å². The van der Waals surface area contributed by atoms with Crippen LogP contribution in [0.25, 0.3) is 0 Å². The van der Waals surface area contributed by atoms with Crippen LogP contribution >= 0.6 is 18.5 Å². The Morgan fingerprint density at radius 3 is 2.58 bits per heavy atom. The van der Waals surface area contributed by atoms with Gasteiger partial charge in [0.15, 0.2) is 0 Å². The number of amides is 1. The fourth-order valence-electron chi connectivity index (χ4n) is 0.383. The molecule has 0 saturated carbocycles. The maximum Gasteiger partial charge on any atom is 0.207 e. The molecule has 0 aliphatic heterocycles. The van der Waals surface area contributed by atoms with Gasteiger partial charge in [-0.25, -0.2) is 0 Å². The fourth-order valence-corrected chi connectivity index (χ4v) is 0.499. The van der Waals surface area contributed by atoms with E-state index < -0.39 is 0 Å². The number of nitrogens with zero attached hydrogens (tertiary/aromatic N) is 2. The third kappa shape index (κ3) is 6.08. The van der Waals surface area contributed by atoms with E-state index in [4.69, 9.17) is 5.41 Å². The summed E-state index contributed by atoms with van der Waals surface area (Å²) in [4.78, 5) is 9.88. The Labute approximate surface area is 75.0 Å². The Morgan fingerprint density at radius 1 is 1.50 bits per heavy atom. The molecule has 0 saturated heterocycles. The summed E-state index contributed by atoms with van der Waals surface area (Å²) in [5.74, 6) is 0. The summed E-state index contributed by atoms with van der Waals surface area (Å²) in [5, 5.41) is 17.3. The van der Waals surface area contributed by atoms with Crippen molar-refractivity contribution in [3.8, 4) is 0 Å². The van der Waals surface area contributed by atoms with Crippen molar-refractivity contribution < 1.29 is 4.79 Å². The van der Waals surface area contributed by atoms with Crippen molar-refractivity contribution in [1.29, 1.82) is 5.41 Å². The summed E-state index contributed by atoms with van der Waals surface area (Å²) in [6.07, 6.45) is 1.59. The largest absolute Gasteiger partial charge is 0.353 e. The molecular formula is C5H10N4OP2. The average molecular weight is 204 g/mol. The summed E-state index contributed by atoms with van der Waals surface area (Å²) < 4.78 is 0. The quantitative estimate of drug-likeness (QED) is 0.277. The normalized spacial score (nSPS) is 10.3. The highest BCUT2D eigenvalue weighted by Gasteiger charge is 1.91. The number of carbonyl (C=O) groups excluding carboxylic acids is 1. The highest BCUT2D eigenvalue weighted by Crippen LogP contribution is 1.98. The van der Waals surface area contributed by atoms with E-state index in [0.717, 1.165) is 6.21 Å². The molecule has 0 bridgehead atoms. The van der Waals surface area contributed by atoms with Gasteiger partial charge >= 0.3 is 0 Å². The molecule has 0 heterocycles. The summed E-state index contributed by atoms with van der Waals surface area (Å²) in [7, 11) is 4.67. The summed E-state index contributed by atoms with van der Waals surface area (Å²) >= 11 is 0. The monoisotopic (exact) mass is 204 g/mol. The molecule has 0 aliphatic rings. The van der Waals surface area contributed by atoms with Gasteiger partial charge in [0, 0.05) is 6.21 Å². The predicted octanol–water partition coefficient (Wildman–Crippen LogP) is -0.156. The number of hydrogen-bond acceptors (Lipinski definition) is 4. The number of nitrogens with one attached hydrogen (secondary N) is 2. The van der Waals surface area contributed by atoms with Crippen LogP contribution in [0.4, 0.5) is 0 Å². The molecule has 0 radical (unpaired) electrons. The number of rotatable bonds is 5. The third-order valence-corrected chi connectivity index (χ3v) is 1.06. The van der Waals surface area contributed by atoms with Gasteiger partial charge in [-0.05, 0) is 0 Å². The SMILES string of the molecule is N=CC(CNC=O)=NN=C(P)P. The lowest BCUT2D eigenvalue weighted by Gasteiger charge is -1.94. The smallest absolute Gasteiger partial charge is 0.207 e. The maximum atomic E-state index is 9.88. The van der Waals surface area contributed by atoms with E-state index in [-0.39, 0.29) is 6.54 Å². The van der Waals surface area contributed by atoms with Gasteiger partial charge in [-0.1, -0.05) is 18.5 Å². The molecule has 0 aromatic carbocycles. The first-order valence-electron chi connectivity index (χ1n) is 3.03. The van der Waals surface area contributed by atoms with Gasteiger partial charge in [0.05, 0.1) is 17.5 Å². The van der Waals surface area contributed by atoms with E-state index in [1.165, 1.54) is 0 Å². The highest BCUT2D eigenvalue weighted by molar-refractivity contribution is 7.69. The second kappa shape index (κ2) is 7.01. The minimum atomic E-state index is 0.221. The van der Waals surface area contributed by atoms with Gasteiger partial charge < -0.3 is 10.7 Å². The van der Waals surface area contributed by atoms with Gasteiger partial charge in [-0.2, -0.15) is 10.2 Å². The minimum absolute atomic E-state index is 0.221. The molecule has 2 unspecified atom stereocenters.